The van der Waals surface area contributed by atoms with Crippen LogP contribution in [0.2, 0.25) is 0 Å². The Kier molecular flexibility index (Phi) is 3.58. The molecule has 1 rings (SSSR count). The van der Waals surface area contributed by atoms with Crippen molar-refractivity contribution in [3.63, 3.8) is 0 Å². The lowest BCUT2D eigenvalue weighted by Gasteiger charge is -2.15. The summed E-state index contributed by atoms with van der Waals surface area (Å²) in [5.41, 5.74) is 0. The van der Waals surface area contributed by atoms with Gasteiger partial charge in [-0.05, 0) is 25.7 Å². The maximum absolute atomic E-state index is 5.98. The molecule has 0 saturated heterocycles. The van der Waals surface area contributed by atoms with E-state index in [1.807, 2.05) is 0 Å². The van der Waals surface area contributed by atoms with Gasteiger partial charge in [0, 0.05) is 0 Å². The minimum Gasteiger partial charge on any atom is -0.121 e. The highest BCUT2D eigenvalue weighted by Crippen LogP contribution is 2.22. The van der Waals surface area contributed by atoms with Gasteiger partial charge in [-0.25, -0.2) is 0 Å². The van der Waals surface area contributed by atoms with Crippen molar-refractivity contribution >= 4 is 23.2 Å². The first kappa shape index (κ1) is 8.42. The summed E-state index contributed by atoms with van der Waals surface area (Å²) in [5.74, 6) is 0. The Labute approximate surface area is 72.2 Å². The molecule has 0 fully saturated rings. The third-order valence-corrected chi connectivity index (χ3v) is 2.95. The normalized spacial score (nSPS) is 35.0. The Morgan fingerprint density at radius 1 is 0.900 bits per heavy atom. The molecule has 10 heavy (non-hydrogen) atoms. The molecule has 1 aliphatic rings. The highest BCUT2D eigenvalue weighted by molar-refractivity contribution is 6.29. The molecule has 0 bridgehead atoms. The van der Waals surface area contributed by atoms with Crippen molar-refractivity contribution in [2.45, 2.75) is 36.4 Å². The summed E-state index contributed by atoms with van der Waals surface area (Å²) in [6.07, 6.45) is 8.59. The van der Waals surface area contributed by atoms with E-state index in [1.54, 1.807) is 0 Å². The van der Waals surface area contributed by atoms with E-state index in [2.05, 4.69) is 12.2 Å². The van der Waals surface area contributed by atoms with Gasteiger partial charge in [0.1, 0.15) is 0 Å². The number of allylic oxidation sites excluding steroid dienone is 2. The van der Waals surface area contributed by atoms with Crippen molar-refractivity contribution in [3.05, 3.63) is 12.2 Å². The summed E-state index contributed by atoms with van der Waals surface area (Å²) in [7, 11) is 0. The fourth-order valence-corrected chi connectivity index (χ4v) is 1.61. The SMILES string of the molecule is ClC1CCC=CCCC1Cl. The Morgan fingerprint density at radius 2 is 1.30 bits per heavy atom. The summed E-state index contributed by atoms with van der Waals surface area (Å²) in [5, 5.41) is 0.346. The largest absolute Gasteiger partial charge is 0.121 e. The highest BCUT2D eigenvalue weighted by atomic mass is 35.5. The predicted octanol–water partition coefficient (Wildman–Crippen LogP) is 3.33. The first-order valence-electron chi connectivity index (χ1n) is 3.74. The molecular weight excluding hydrogens is 167 g/mol. The first-order valence-corrected chi connectivity index (χ1v) is 4.61. The minimum atomic E-state index is 0.173. The van der Waals surface area contributed by atoms with Crippen LogP contribution in [0.1, 0.15) is 25.7 Å². The number of halogens is 2. The van der Waals surface area contributed by atoms with Crippen LogP contribution in [0.15, 0.2) is 12.2 Å². The van der Waals surface area contributed by atoms with Gasteiger partial charge in [0.25, 0.3) is 0 Å². The zero-order chi connectivity index (χ0) is 7.40. The Balaban J connectivity index is 2.40. The van der Waals surface area contributed by atoms with Crippen LogP contribution in [0.5, 0.6) is 0 Å². The van der Waals surface area contributed by atoms with Crippen LogP contribution >= 0.6 is 23.2 Å². The van der Waals surface area contributed by atoms with Gasteiger partial charge in [0.2, 0.25) is 0 Å². The van der Waals surface area contributed by atoms with E-state index in [-0.39, 0.29) is 10.8 Å². The molecule has 0 aliphatic heterocycles. The van der Waals surface area contributed by atoms with Crippen LogP contribution in [0.4, 0.5) is 0 Å². The van der Waals surface area contributed by atoms with Gasteiger partial charge in [-0.15, -0.1) is 23.2 Å². The number of alkyl halides is 2. The number of hydrogen-bond acceptors (Lipinski definition) is 0. The van der Waals surface area contributed by atoms with Crippen molar-refractivity contribution in [1.29, 1.82) is 0 Å². The van der Waals surface area contributed by atoms with Crippen LogP contribution in [0.25, 0.3) is 0 Å². The van der Waals surface area contributed by atoms with Gasteiger partial charge in [-0.1, -0.05) is 12.2 Å². The second-order valence-electron chi connectivity index (χ2n) is 2.66. The average Bonchev–Trinajstić information content (AvgIpc) is 1.92. The smallest absolute Gasteiger partial charge is 0.0502 e. The van der Waals surface area contributed by atoms with E-state index >= 15 is 0 Å². The second kappa shape index (κ2) is 4.25. The molecule has 2 unspecified atom stereocenters. The fourth-order valence-electron chi connectivity index (χ4n) is 1.11. The molecule has 0 spiro atoms. The molecule has 0 saturated carbocycles. The van der Waals surface area contributed by atoms with Gasteiger partial charge in [-0.2, -0.15) is 0 Å². The van der Waals surface area contributed by atoms with Crippen molar-refractivity contribution in [2.75, 3.05) is 0 Å². The lowest BCUT2D eigenvalue weighted by atomic mass is 10.1. The summed E-state index contributed by atoms with van der Waals surface area (Å²) < 4.78 is 0. The molecule has 0 amide bonds. The molecule has 0 heterocycles. The predicted molar refractivity (Wildman–Crippen MR) is 46.9 cm³/mol. The Bertz CT molecular complexity index is 106. The molecule has 1 aliphatic carbocycles. The molecule has 0 aromatic heterocycles. The molecule has 58 valence electrons. The third kappa shape index (κ3) is 2.51. The Hall–Kier alpha value is 0.320. The monoisotopic (exact) mass is 178 g/mol. The lowest BCUT2D eigenvalue weighted by Crippen LogP contribution is -2.15. The van der Waals surface area contributed by atoms with Gasteiger partial charge >= 0.3 is 0 Å². The maximum atomic E-state index is 5.98. The van der Waals surface area contributed by atoms with E-state index in [0.29, 0.717) is 0 Å². The van der Waals surface area contributed by atoms with Crippen molar-refractivity contribution in [1.82, 2.24) is 0 Å². The van der Waals surface area contributed by atoms with Crippen LogP contribution in [0, 0.1) is 0 Å². The second-order valence-corrected chi connectivity index (χ2v) is 3.78. The van der Waals surface area contributed by atoms with Gasteiger partial charge in [0.15, 0.2) is 0 Å². The molecule has 2 atom stereocenters. The van der Waals surface area contributed by atoms with E-state index in [4.69, 9.17) is 23.2 Å². The zero-order valence-corrected chi connectivity index (χ0v) is 7.41. The van der Waals surface area contributed by atoms with Crippen molar-refractivity contribution in [2.24, 2.45) is 0 Å². The minimum absolute atomic E-state index is 0.173. The topological polar surface area (TPSA) is 0 Å². The maximum Gasteiger partial charge on any atom is 0.0502 e. The summed E-state index contributed by atoms with van der Waals surface area (Å²) >= 11 is 12.0. The quantitative estimate of drug-likeness (QED) is 0.395. The Morgan fingerprint density at radius 3 is 1.70 bits per heavy atom. The molecule has 0 aromatic rings. The standard InChI is InChI=1S/C8H12Cl2/c9-7-5-3-1-2-4-6-8(7)10/h1-2,7-8H,3-6H2. The molecule has 0 radical (unpaired) electrons. The molecule has 0 aromatic carbocycles. The summed E-state index contributed by atoms with van der Waals surface area (Å²) in [4.78, 5) is 0. The lowest BCUT2D eigenvalue weighted by molar-refractivity contribution is 0.654. The molecule has 0 nitrogen and oxygen atoms in total. The first-order chi connectivity index (χ1) is 4.80. The molecule has 2 heteroatoms. The average molecular weight is 179 g/mol. The van der Waals surface area contributed by atoms with Crippen molar-refractivity contribution < 1.29 is 0 Å². The number of hydrogen-bond donors (Lipinski definition) is 0. The van der Waals surface area contributed by atoms with Gasteiger partial charge < -0.3 is 0 Å². The van der Waals surface area contributed by atoms with E-state index < -0.39 is 0 Å². The third-order valence-electron chi connectivity index (χ3n) is 1.78. The van der Waals surface area contributed by atoms with Crippen LogP contribution < -0.4 is 0 Å². The van der Waals surface area contributed by atoms with Crippen LogP contribution in [-0.4, -0.2) is 10.8 Å². The van der Waals surface area contributed by atoms with Gasteiger partial charge in [0.05, 0.1) is 10.8 Å². The molecular formula is C8H12Cl2. The van der Waals surface area contributed by atoms with Gasteiger partial charge in [-0.3, -0.25) is 0 Å². The van der Waals surface area contributed by atoms with E-state index in [1.165, 1.54) is 0 Å². The van der Waals surface area contributed by atoms with Crippen LogP contribution in [-0.2, 0) is 0 Å². The number of rotatable bonds is 0. The fraction of sp³-hybridized carbons (Fsp3) is 0.750. The summed E-state index contributed by atoms with van der Waals surface area (Å²) in [6, 6.07) is 0. The molecule has 0 N–H and O–H groups in total. The summed E-state index contributed by atoms with van der Waals surface area (Å²) in [6.45, 7) is 0. The van der Waals surface area contributed by atoms with E-state index in [9.17, 15) is 0 Å². The zero-order valence-electron chi connectivity index (χ0n) is 5.89. The van der Waals surface area contributed by atoms with Crippen LogP contribution in [0.3, 0.4) is 0 Å². The highest BCUT2D eigenvalue weighted by Gasteiger charge is 2.15. The van der Waals surface area contributed by atoms with Crippen molar-refractivity contribution in [3.8, 4) is 0 Å². The van der Waals surface area contributed by atoms with E-state index in [0.717, 1.165) is 25.7 Å².